The Morgan fingerprint density at radius 3 is 2.71 bits per heavy atom. The largest absolute Gasteiger partial charge is 0.490 e. The maximum atomic E-state index is 12.8. The molecular formula is C15H13N3O2S. The third-order valence-electron chi connectivity index (χ3n) is 3.19. The Labute approximate surface area is 125 Å². The van der Waals surface area contributed by atoms with E-state index in [1.807, 2.05) is 0 Å². The van der Waals surface area contributed by atoms with E-state index >= 15 is 0 Å². The van der Waals surface area contributed by atoms with E-state index in [2.05, 4.69) is 6.07 Å². The first-order chi connectivity index (χ1) is 10.2. The molecule has 0 saturated heterocycles. The Balaban J connectivity index is 2.00. The van der Waals surface area contributed by atoms with Gasteiger partial charge in [0.05, 0.1) is 18.2 Å². The zero-order valence-electron chi connectivity index (χ0n) is 11.2. The van der Waals surface area contributed by atoms with Gasteiger partial charge in [0.15, 0.2) is 11.0 Å². The van der Waals surface area contributed by atoms with E-state index < -0.39 is 11.0 Å². The zero-order valence-corrected chi connectivity index (χ0v) is 12.0. The molecule has 1 atom stereocenters. The summed E-state index contributed by atoms with van der Waals surface area (Å²) in [6.07, 6.45) is 0. The number of ether oxygens (including phenoxy) is 1. The highest BCUT2D eigenvalue weighted by molar-refractivity contribution is 7.86. The summed E-state index contributed by atoms with van der Waals surface area (Å²) in [5, 5.41) is 8.84. The van der Waals surface area contributed by atoms with Crippen molar-refractivity contribution in [2.24, 2.45) is 0 Å². The van der Waals surface area contributed by atoms with Gasteiger partial charge >= 0.3 is 0 Å². The van der Waals surface area contributed by atoms with E-state index in [-0.39, 0.29) is 0 Å². The van der Waals surface area contributed by atoms with Crippen LogP contribution in [0.3, 0.4) is 0 Å². The molecule has 0 spiro atoms. The summed E-state index contributed by atoms with van der Waals surface area (Å²) in [5.74, 6) is 0.596. The van der Waals surface area contributed by atoms with Crippen LogP contribution in [0.2, 0.25) is 0 Å². The summed E-state index contributed by atoms with van der Waals surface area (Å²) in [5.41, 5.74) is 7.67. The van der Waals surface area contributed by atoms with Crippen LogP contribution in [0.4, 0.5) is 11.4 Å². The molecule has 6 heteroatoms. The molecular weight excluding hydrogens is 286 g/mol. The number of rotatable bonds is 1. The SMILES string of the molecule is N#Cc1ccc(N2CCOc3ccc(N)cc3S2=O)cc1. The number of nitrogens with two attached hydrogens (primary N) is 1. The first-order valence-corrected chi connectivity index (χ1v) is 7.51. The number of nitriles is 1. The van der Waals surface area contributed by atoms with Crippen LogP contribution in [-0.2, 0) is 11.0 Å². The molecule has 1 aliphatic heterocycles. The Kier molecular flexibility index (Phi) is 3.50. The standard InChI is InChI=1S/C15H13N3O2S/c16-10-11-1-4-13(5-2-11)18-7-8-20-14-6-3-12(17)9-15(14)21(18)19/h1-6,9H,7-8,17H2. The van der Waals surface area contributed by atoms with Gasteiger partial charge in [-0.2, -0.15) is 5.26 Å². The lowest BCUT2D eigenvalue weighted by molar-refractivity contribution is 0.325. The topological polar surface area (TPSA) is 79.3 Å². The van der Waals surface area contributed by atoms with E-state index in [0.29, 0.717) is 35.0 Å². The van der Waals surface area contributed by atoms with Crippen LogP contribution in [0, 0.1) is 11.3 Å². The number of fused-ring (bicyclic) bond motifs is 1. The molecule has 1 heterocycles. The molecule has 0 radical (unpaired) electrons. The number of hydrogen-bond acceptors (Lipinski definition) is 4. The monoisotopic (exact) mass is 299 g/mol. The average Bonchev–Trinajstić information content (AvgIpc) is 2.67. The van der Waals surface area contributed by atoms with Gasteiger partial charge in [0, 0.05) is 11.4 Å². The minimum absolute atomic E-state index is 0.433. The van der Waals surface area contributed by atoms with Crippen molar-refractivity contribution in [2.75, 3.05) is 23.2 Å². The Morgan fingerprint density at radius 2 is 2.00 bits per heavy atom. The van der Waals surface area contributed by atoms with Crippen LogP contribution in [0.15, 0.2) is 47.4 Å². The molecule has 0 amide bonds. The van der Waals surface area contributed by atoms with Crippen LogP contribution in [0.25, 0.3) is 0 Å². The third kappa shape index (κ3) is 2.56. The highest BCUT2D eigenvalue weighted by Gasteiger charge is 2.23. The van der Waals surface area contributed by atoms with E-state index in [4.69, 9.17) is 15.7 Å². The van der Waals surface area contributed by atoms with Gasteiger partial charge in [-0.05, 0) is 42.5 Å². The van der Waals surface area contributed by atoms with Crippen LogP contribution in [0.5, 0.6) is 5.75 Å². The maximum absolute atomic E-state index is 12.8. The number of nitrogen functional groups attached to an aromatic ring is 1. The average molecular weight is 299 g/mol. The van der Waals surface area contributed by atoms with E-state index in [1.54, 1.807) is 46.8 Å². The van der Waals surface area contributed by atoms with Gasteiger partial charge < -0.3 is 10.5 Å². The van der Waals surface area contributed by atoms with Gasteiger partial charge in [-0.1, -0.05) is 0 Å². The van der Waals surface area contributed by atoms with Crippen molar-refractivity contribution in [3.63, 3.8) is 0 Å². The highest BCUT2D eigenvalue weighted by atomic mass is 32.2. The fourth-order valence-electron chi connectivity index (χ4n) is 2.15. The lowest BCUT2D eigenvalue weighted by Gasteiger charge is -2.20. The highest BCUT2D eigenvalue weighted by Crippen LogP contribution is 2.31. The van der Waals surface area contributed by atoms with Gasteiger partial charge in [0.2, 0.25) is 0 Å². The predicted molar refractivity (Wildman–Crippen MR) is 81.3 cm³/mol. The molecule has 0 saturated carbocycles. The zero-order chi connectivity index (χ0) is 14.8. The lowest BCUT2D eigenvalue weighted by atomic mass is 10.2. The van der Waals surface area contributed by atoms with Crippen molar-refractivity contribution in [3.8, 4) is 11.8 Å². The first kappa shape index (κ1) is 13.5. The molecule has 2 aromatic rings. The molecule has 0 bridgehead atoms. The summed E-state index contributed by atoms with van der Waals surface area (Å²) < 4.78 is 20.2. The van der Waals surface area contributed by atoms with Gasteiger partial charge in [-0.15, -0.1) is 0 Å². The number of nitrogens with zero attached hydrogens (tertiary/aromatic N) is 2. The normalized spacial score (nSPS) is 17.3. The Bertz CT molecular complexity index is 738. The predicted octanol–water partition coefficient (Wildman–Crippen LogP) is 2.06. The summed E-state index contributed by atoms with van der Waals surface area (Å²) >= 11 is 0. The van der Waals surface area contributed by atoms with Crippen LogP contribution < -0.4 is 14.8 Å². The van der Waals surface area contributed by atoms with Gasteiger partial charge in [-0.3, -0.25) is 4.31 Å². The van der Waals surface area contributed by atoms with Crippen molar-refractivity contribution in [2.45, 2.75) is 4.90 Å². The number of benzene rings is 2. The fourth-order valence-corrected chi connectivity index (χ4v) is 3.47. The van der Waals surface area contributed by atoms with Crippen LogP contribution in [-0.4, -0.2) is 17.4 Å². The van der Waals surface area contributed by atoms with E-state index in [0.717, 1.165) is 5.69 Å². The molecule has 21 heavy (non-hydrogen) atoms. The second-order valence-corrected chi connectivity index (χ2v) is 5.94. The molecule has 1 unspecified atom stereocenters. The smallest absolute Gasteiger partial charge is 0.156 e. The second kappa shape index (κ2) is 5.46. The van der Waals surface area contributed by atoms with Gasteiger partial charge in [-0.25, -0.2) is 4.21 Å². The minimum Gasteiger partial charge on any atom is -0.490 e. The van der Waals surface area contributed by atoms with Crippen molar-refractivity contribution in [1.82, 2.24) is 0 Å². The van der Waals surface area contributed by atoms with Crippen LogP contribution >= 0.6 is 0 Å². The van der Waals surface area contributed by atoms with Crippen molar-refractivity contribution < 1.29 is 8.95 Å². The molecule has 1 aliphatic rings. The summed E-state index contributed by atoms with van der Waals surface area (Å²) in [4.78, 5) is 0.567. The van der Waals surface area contributed by atoms with Crippen molar-refractivity contribution in [1.29, 1.82) is 5.26 Å². The first-order valence-electron chi connectivity index (χ1n) is 6.41. The van der Waals surface area contributed by atoms with Gasteiger partial charge in [0.25, 0.3) is 0 Å². The number of anilines is 2. The van der Waals surface area contributed by atoms with Gasteiger partial charge in [0.1, 0.15) is 17.3 Å². The molecule has 2 N–H and O–H groups in total. The minimum atomic E-state index is -1.39. The summed E-state index contributed by atoms with van der Waals surface area (Å²) in [6, 6.07) is 14.2. The maximum Gasteiger partial charge on any atom is 0.156 e. The van der Waals surface area contributed by atoms with E-state index in [9.17, 15) is 4.21 Å². The Morgan fingerprint density at radius 1 is 1.24 bits per heavy atom. The molecule has 106 valence electrons. The molecule has 3 rings (SSSR count). The fraction of sp³-hybridized carbons (Fsp3) is 0.133. The summed E-state index contributed by atoms with van der Waals surface area (Å²) in [6.45, 7) is 0.926. The molecule has 2 aromatic carbocycles. The third-order valence-corrected chi connectivity index (χ3v) is 4.68. The summed E-state index contributed by atoms with van der Waals surface area (Å²) in [7, 11) is -1.39. The molecule has 0 aliphatic carbocycles. The lowest BCUT2D eigenvalue weighted by Crippen LogP contribution is -2.27. The Hall–Kier alpha value is -2.52. The second-order valence-electron chi connectivity index (χ2n) is 4.56. The quantitative estimate of drug-likeness (QED) is 0.817. The molecule has 0 fully saturated rings. The van der Waals surface area contributed by atoms with E-state index in [1.165, 1.54) is 0 Å². The van der Waals surface area contributed by atoms with Crippen molar-refractivity contribution in [3.05, 3.63) is 48.0 Å². The number of hydrogen-bond donors (Lipinski definition) is 1. The molecule has 5 nitrogen and oxygen atoms in total. The molecule has 0 aromatic heterocycles. The van der Waals surface area contributed by atoms with Crippen molar-refractivity contribution >= 4 is 22.4 Å². The van der Waals surface area contributed by atoms with Crippen LogP contribution in [0.1, 0.15) is 5.56 Å².